The van der Waals surface area contributed by atoms with E-state index in [1.807, 2.05) is 42.1 Å². The van der Waals surface area contributed by atoms with E-state index in [1.165, 1.54) is 7.11 Å². The van der Waals surface area contributed by atoms with Crippen molar-refractivity contribution in [3.63, 3.8) is 0 Å². The van der Waals surface area contributed by atoms with Crippen molar-refractivity contribution < 1.29 is 48.3 Å². The summed E-state index contributed by atoms with van der Waals surface area (Å²) < 4.78 is 7.23. The number of hydrogen-bond acceptors (Lipinski definition) is 4. The van der Waals surface area contributed by atoms with Gasteiger partial charge in [0.15, 0.2) is 11.6 Å². The zero-order valence-corrected chi connectivity index (χ0v) is 18.5. The van der Waals surface area contributed by atoms with Crippen LogP contribution in [0.25, 0.3) is 10.9 Å². The van der Waals surface area contributed by atoms with Crippen molar-refractivity contribution in [2.24, 2.45) is 17.3 Å². The number of para-hydroxylation sites is 1. The van der Waals surface area contributed by atoms with Gasteiger partial charge in [-0.3, -0.25) is 4.79 Å². The number of aromatic nitrogens is 1. The molecule has 28 heavy (non-hydrogen) atoms. The Morgan fingerprint density at radius 2 is 2.11 bits per heavy atom. The van der Waals surface area contributed by atoms with Crippen LogP contribution in [-0.2, 0) is 16.0 Å². The van der Waals surface area contributed by atoms with E-state index in [2.05, 4.69) is 4.98 Å². The molecule has 4 rings (SSSR count). The molecule has 3 N–H and O–H groups in total. The van der Waals surface area contributed by atoms with Crippen molar-refractivity contribution >= 4 is 23.1 Å². The zero-order chi connectivity index (χ0) is 19.3. The summed E-state index contributed by atoms with van der Waals surface area (Å²) >= 11 is 0. The molecule has 6 nitrogen and oxygen atoms in total. The molecule has 1 unspecified atom stereocenters. The Morgan fingerprint density at radius 1 is 1.39 bits per heavy atom. The number of H-pyrrole nitrogens is 1. The SMILES string of the molecule is COC(=O)[C@@]12C=[N+](C)C[C@H]([C@@H](C)O)[C@@H]1CC(O)c1[nH]c3ccccc3c1C2.[I-]. The number of aromatic amines is 1. The Labute approximate surface area is 181 Å². The third kappa shape index (κ3) is 3.17. The van der Waals surface area contributed by atoms with Crippen LogP contribution >= 0.6 is 0 Å². The number of hydrogen-bond donors (Lipinski definition) is 3. The molecular weight excluding hydrogens is 471 g/mol. The van der Waals surface area contributed by atoms with Crippen molar-refractivity contribution in [1.29, 1.82) is 0 Å². The Hall–Kier alpha value is -1.45. The van der Waals surface area contributed by atoms with Crippen LogP contribution in [-0.4, -0.2) is 58.8 Å². The summed E-state index contributed by atoms with van der Waals surface area (Å²) in [6.07, 6.45) is 1.48. The fourth-order valence-electron chi connectivity index (χ4n) is 5.25. The van der Waals surface area contributed by atoms with Gasteiger partial charge in [0.25, 0.3) is 0 Å². The minimum Gasteiger partial charge on any atom is -1.00 e. The van der Waals surface area contributed by atoms with Crippen molar-refractivity contribution in [1.82, 2.24) is 4.98 Å². The molecule has 0 amide bonds. The topological polar surface area (TPSA) is 85.6 Å². The van der Waals surface area contributed by atoms with Gasteiger partial charge in [-0.2, -0.15) is 0 Å². The van der Waals surface area contributed by atoms with Crippen LogP contribution in [0.3, 0.4) is 0 Å². The lowest BCUT2D eigenvalue weighted by Gasteiger charge is -2.41. The first-order valence-electron chi connectivity index (χ1n) is 9.47. The summed E-state index contributed by atoms with van der Waals surface area (Å²) in [6, 6.07) is 7.91. The molecule has 0 fully saturated rings. The molecule has 2 aliphatic rings. The third-order valence-corrected chi connectivity index (χ3v) is 6.44. The van der Waals surface area contributed by atoms with Gasteiger partial charge in [-0.1, -0.05) is 18.2 Å². The number of fused-ring (bicyclic) bond motifs is 4. The van der Waals surface area contributed by atoms with Gasteiger partial charge in [0, 0.05) is 28.9 Å². The highest BCUT2D eigenvalue weighted by molar-refractivity contribution is 5.96. The van der Waals surface area contributed by atoms with Gasteiger partial charge < -0.3 is 43.9 Å². The van der Waals surface area contributed by atoms with Crippen LogP contribution in [0, 0.1) is 17.3 Å². The zero-order valence-electron chi connectivity index (χ0n) is 16.4. The molecular formula is C21H27IN2O4. The highest BCUT2D eigenvalue weighted by atomic mass is 127. The second-order valence-electron chi connectivity index (χ2n) is 8.10. The first kappa shape index (κ1) is 21.3. The molecule has 2 aromatic rings. The van der Waals surface area contributed by atoms with Gasteiger partial charge in [-0.25, -0.2) is 4.58 Å². The fourth-order valence-corrected chi connectivity index (χ4v) is 5.25. The highest BCUT2D eigenvalue weighted by Crippen LogP contribution is 2.49. The average Bonchev–Trinajstić information content (AvgIpc) is 2.95. The summed E-state index contributed by atoms with van der Waals surface area (Å²) in [4.78, 5) is 16.5. The summed E-state index contributed by atoms with van der Waals surface area (Å²) in [5.74, 6) is -0.658. The Kier molecular flexibility index (Phi) is 5.89. The van der Waals surface area contributed by atoms with Crippen LogP contribution in [0.1, 0.15) is 30.7 Å². The molecule has 7 heteroatoms. The quantitative estimate of drug-likeness (QED) is 0.272. The van der Waals surface area contributed by atoms with E-state index < -0.39 is 17.6 Å². The number of carbonyl (C=O) groups excluding carboxylic acids is 1. The van der Waals surface area contributed by atoms with Crippen LogP contribution in [0.5, 0.6) is 0 Å². The summed E-state index contributed by atoms with van der Waals surface area (Å²) in [6.45, 7) is 2.40. The molecule has 0 bridgehead atoms. The molecule has 1 aliphatic carbocycles. The van der Waals surface area contributed by atoms with E-state index in [9.17, 15) is 15.0 Å². The Balaban J connectivity index is 0.00000225. The van der Waals surface area contributed by atoms with E-state index in [0.717, 1.165) is 22.2 Å². The number of rotatable bonds is 2. The number of ether oxygens (including phenoxy) is 1. The number of aliphatic hydroxyl groups excluding tert-OH is 2. The lowest BCUT2D eigenvalue weighted by atomic mass is 9.63. The molecule has 0 radical (unpaired) electrons. The number of benzene rings is 1. The number of methoxy groups -OCH3 is 1. The number of aliphatic hydroxyl groups is 2. The van der Waals surface area contributed by atoms with Gasteiger partial charge in [-0.05, 0) is 30.9 Å². The maximum atomic E-state index is 13.1. The van der Waals surface area contributed by atoms with Gasteiger partial charge in [0.1, 0.15) is 13.6 Å². The van der Waals surface area contributed by atoms with Crippen LogP contribution in [0.15, 0.2) is 24.3 Å². The number of carbonyl (C=O) groups is 1. The molecule has 0 saturated heterocycles. The molecule has 0 spiro atoms. The third-order valence-electron chi connectivity index (χ3n) is 6.44. The lowest BCUT2D eigenvalue weighted by Crippen LogP contribution is -3.00. The van der Waals surface area contributed by atoms with Crippen LogP contribution in [0.4, 0.5) is 0 Å². The standard InChI is InChI=1S/C21H27N2O4.HI/c1-12(24)15-10-23(2)11-21(20(26)27-3)9-14-13-6-4-5-7-17(13)22-19(14)18(25)8-16(15)21;/h4-7,11-12,15-16,18,22,24-25H,8-10H2,1-3H3;1H/q+1;/p-1/t12-,15-,16+,18?,21+;/m1./s1. The van der Waals surface area contributed by atoms with Crippen molar-refractivity contribution in [3.05, 3.63) is 35.5 Å². The smallest absolute Gasteiger partial charge is 0.322 e. The lowest BCUT2D eigenvalue weighted by molar-refractivity contribution is -0.516. The second kappa shape index (κ2) is 7.76. The van der Waals surface area contributed by atoms with Crippen molar-refractivity contribution in [2.45, 2.75) is 32.0 Å². The summed E-state index contributed by atoms with van der Waals surface area (Å²) in [5.41, 5.74) is 1.77. The van der Waals surface area contributed by atoms with Gasteiger partial charge in [0.2, 0.25) is 0 Å². The molecule has 2 heterocycles. The molecule has 1 aromatic heterocycles. The minimum atomic E-state index is -0.916. The van der Waals surface area contributed by atoms with E-state index in [1.54, 1.807) is 6.92 Å². The largest absolute Gasteiger partial charge is 1.00 e. The van der Waals surface area contributed by atoms with Gasteiger partial charge in [-0.15, -0.1) is 0 Å². The predicted molar refractivity (Wildman–Crippen MR) is 102 cm³/mol. The maximum Gasteiger partial charge on any atom is 0.322 e. The van der Waals surface area contributed by atoms with E-state index in [4.69, 9.17) is 4.74 Å². The Morgan fingerprint density at radius 3 is 2.79 bits per heavy atom. The molecule has 1 aromatic carbocycles. The van der Waals surface area contributed by atoms with Crippen molar-refractivity contribution in [2.75, 3.05) is 20.7 Å². The fraction of sp³-hybridized carbons (Fsp3) is 0.524. The van der Waals surface area contributed by atoms with E-state index in [-0.39, 0.29) is 41.8 Å². The predicted octanol–water partition coefficient (Wildman–Crippen LogP) is -1.35. The highest BCUT2D eigenvalue weighted by Gasteiger charge is 2.58. The first-order valence-corrected chi connectivity index (χ1v) is 9.47. The Bertz CT molecular complexity index is 922. The first-order chi connectivity index (χ1) is 12.9. The molecule has 1 aliphatic heterocycles. The van der Waals surface area contributed by atoms with Crippen LogP contribution < -0.4 is 24.0 Å². The number of nitrogens with one attached hydrogen (secondary N) is 1. The molecule has 152 valence electrons. The summed E-state index contributed by atoms with van der Waals surface area (Å²) in [7, 11) is 3.33. The molecule has 0 saturated carbocycles. The monoisotopic (exact) mass is 498 g/mol. The maximum absolute atomic E-state index is 13.1. The van der Waals surface area contributed by atoms with Crippen molar-refractivity contribution in [3.8, 4) is 0 Å². The second-order valence-corrected chi connectivity index (χ2v) is 8.10. The molecule has 5 atom stereocenters. The normalized spacial score (nSPS) is 30.3. The number of nitrogens with zero attached hydrogens (tertiary/aromatic N) is 1. The van der Waals surface area contributed by atoms with Crippen LogP contribution in [0.2, 0.25) is 0 Å². The summed E-state index contributed by atoms with van der Waals surface area (Å²) in [5, 5.41) is 22.5. The number of esters is 1. The van der Waals surface area contributed by atoms with E-state index in [0.29, 0.717) is 19.4 Å². The minimum absolute atomic E-state index is 0. The van der Waals surface area contributed by atoms with Gasteiger partial charge in [0.05, 0.1) is 19.3 Å². The van der Waals surface area contributed by atoms with E-state index >= 15 is 0 Å². The number of halogens is 1. The van der Waals surface area contributed by atoms with Gasteiger partial charge >= 0.3 is 5.97 Å². The average molecular weight is 498 g/mol.